The molecule has 6 nitrogen and oxygen atoms in total. The fourth-order valence-corrected chi connectivity index (χ4v) is 2.48. The van der Waals surface area contributed by atoms with Crippen molar-refractivity contribution >= 4 is 11.8 Å². The van der Waals surface area contributed by atoms with E-state index in [0.717, 1.165) is 0 Å². The molecule has 2 amide bonds. The molecule has 0 spiro atoms. The lowest BCUT2D eigenvalue weighted by Gasteiger charge is -2.16. The van der Waals surface area contributed by atoms with E-state index in [2.05, 4.69) is 20.1 Å². The fraction of sp³-hybridized carbons (Fsp3) is 0.429. The Labute approximate surface area is 124 Å². The summed E-state index contributed by atoms with van der Waals surface area (Å²) in [6.45, 7) is 0.467. The third kappa shape index (κ3) is 2.95. The van der Waals surface area contributed by atoms with Crippen LogP contribution in [-0.2, 0) is 4.79 Å². The van der Waals surface area contributed by atoms with Gasteiger partial charge in [0.05, 0.1) is 5.56 Å². The first-order chi connectivity index (χ1) is 10.4. The number of hydrogen-bond acceptors (Lipinski definition) is 4. The number of alkyl halides is 2. The Hall–Kier alpha value is -2.38. The zero-order valence-electron chi connectivity index (χ0n) is 11.5. The molecule has 1 aromatic carbocycles. The predicted molar refractivity (Wildman–Crippen MR) is 70.8 cm³/mol. The third-order valence-electron chi connectivity index (χ3n) is 3.54. The number of rotatable bonds is 2. The molecule has 1 aromatic rings. The Morgan fingerprint density at radius 2 is 2.14 bits per heavy atom. The van der Waals surface area contributed by atoms with Crippen LogP contribution in [-0.4, -0.2) is 30.7 Å². The van der Waals surface area contributed by atoms with Crippen LogP contribution in [0.25, 0.3) is 0 Å². The molecule has 0 bridgehead atoms. The first kappa shape index (κ1) is 14.6. The first-order valence-corrected chi connectivity index (χ1v) is 6.91. The molecular formula is C14H14F2N2O4. The van der Waals surface area contributed by atoms with E-state index < -0.39 is 12.2 Å². The van der Waals surface area contributed by atoms with Crippen LogP contribution in [0.15, 0.2) is 18.2 Å². The molecular weight excluding hydrogens is 298 g/mol. The number of carbonyl (C=O) groups excluding carboxylic acids is 2. The zero-order valence-corrected chi connectivity index (χ0v) is 11.5. The normalized spacial score (nSPS) is 22.6. The second kappa shape index (κ2) is 5.43. The minimum absolute atomic E-state index is 0.0155. The minimum atomic E-state index is -3.77. The number of amides is 2. The molecule has 2 heterocycles. The molecule has 0 radical (unpaired) electrons. The van der Waals surface area contributed by atoms with E-state index in [0.29, 0.717) is 25.8 Å². The molecule has 118 valence electrons. The Balaban J connectivity index is 1.74. The number of para-hydroxylation sites is 1. The molecule has 2 aliphatic rings. The van der Waals surface area contributed by atoms with Gasteiger partial charge in [-0.05, 0) is 25.0 Å². The third-order valence-corrected chi connectivity index (χ3v) is 3.54. The lowest BCUT2D eigenvalue weighted by molar-refractivity contribution is -0.286. The van der Waals surface area contributed by atoms with Crippen molar-refractivity contribution in [3.05, 3.63) is 23.8 Å². The quantitative estimate of drug-likeness (QED) is 0.865. The van der Waals surface area contributed by atoms with Gasteiger partial charge in [0.15, 0.2) is 11.5 Å². The van der Waals surface area contributed by atoms with Gasteiger partial charge in [0.25, 0.3) is 5.91 Å². The van der Waals surface area contributed by atoms with Gasteiger partial charge >= 0.3 is 6.29 Å². The highest BCUT2D eigenvalue weighted by Crippen LogP contribution is 2.43. The SMILES string of the molecule is O=C1CCC(NC(=O)c2cccc3c2OC(F)(F)O3)CCN1. The van der Waals surface area contributed by atoms with E-state index in [4.69, 9.17) is 0 Å². The molecule has 22 heavy (non-hydrogen) atoms. The van der Waals surface area contributed by atoms with Crippen LogP contribution in [0.4, 0.5) is 8.78 Å². The van der Waals surface area contributed by atoms with Gasteiger partial charge in [0, 0.05) is 19.0 Å². The molecule has 1 atom stereocenters. The van der Waals surface area contributed by atoms with E-state index in [1.807, 2.05) is 0 Å². The van der Waals surface area contributed by atoms with Crippen LogP contribution in [0.3, 0.4) is 0 Å². The standard InChI is InChI=1S/C14H14F2N2O4/c15-14(16)21-10-3-1-2-9(12(10)22-14)13(20)18-8-4-5-11(19)17-7-6-8/h1-3,8H,4-7H2,(H,17,19)(H,18,20). The van der Waals surface area contributed by atoms with E-state index >= 15 is 0 Å². The molecule has 0 aliphatic carbocycles. The summed E-state index contributed by atoms with van der Waals surface area (Å²) in [4.78, 5) is 23.5. The highest BCUT2D eigenvalue weighted by Gasteiger charge is 2.45. The zero-order chi connectivity index (χ0) is 15.7. The highest BCUT2D eigenvalue weighted by atomic mass is 19.3. The largest absolute Gasteiger partial charge is 0.586 e. The number of carbonyl (C=O) groups is 2. The number of halogens is 2. The summed E-state index contributed by atoms with van der Waals surface area (Å²) in [7, 11) is 0. The Bertz CT molecular complexity index is 621. The van der Waals surface area contributed by atoms with Crippen LogP contribution in [0, 0.1) is 0 Å². The van der Waals surface area contributed by atoms with Crippen molar-refractivity contribution in [2.75, 3.05) is 6.54 Å². The molecule has 0 aromatic heterocycles. The van der Waals surface area contributed by atoms with Crippen LogP contribution in [0.5, 0.6) is 11.5 Å². The lowest BCUT2D eigenvalue weighted by atomic mass is 10.1. The average Bonchev–Trinajstić information content (AvgIpc) is 2.63. The van der Waals surface area contributed by atoms with Crippen LogP contribution in [0.1, 0.15) is 29.6 Å². The monoisotopic (exact) mass is 312 g/mol. The summed E-state index contributed by atoms with van der Waals surface area (Å²) in [6.07, 6.45) is -2.37. The summed E-state index contributed by atoms with van der Waals surface area (Å²) in [5.41, 5.74) is -0.0155. The molecule has 0 saturated carbocycles. The van der Waals surface area contributed by atoms with Gasteiger partial charge in [-0.2, -0.15) is 0 Å². The van der Waals surface area contributed by atoms with Crippen molar-refractivity contribution in [1.29, 1.82) is 0 Å². The van der Waals surface area contributed by atoms with Crippen LogP contribution in [0.2, 0.25) is 0 Å². The van der Waals surface area contributed by atoms with Crippen LogP contribution < -0.4 is 20.1 Å². The number of benzene rings is 1. The van der Waals surface area contributed by atoms with E-state index in [1.165, 1.54) is 18.2 Å². The average molecular weight is 312 g/mol. The van der Waals surface area contributed by atoms with Crippen molar-refractivity contribution in [2.45, 2.75) is 31.6 Å². The van der Waals surface area contributed by atoms with Crippen molar-refractivity contribution in [1.82, 2.24) is 10.6 Å². The van der Waals surface area contributed by atoms with Crippen LogP contribution >= 0.6 is 0 Å². The topological polar surface area (TPSA) is 76.7 Å². The van der Waals surface area contributed by atoms with Gasteiger partial charge in [0.2, 0.25) is 5.91 Å². The number of fused-ring (bicyclic) bond motifs is 1. The summed E-state index contributed by atoms with van der Waals surface area (Å²) in [5.74, 6) is -1.03. The molecule has 1 unspecified atom stereocenters. The Kier molecular flexibility index (Phi) is 3.59. The van der Waals surface area contributed by atoms with Crippen molar-refractivity contribution in [2.24, 2.45) is 0 Å². The minimum Gasteiger partial charge on any atom is -0.395 e. The van der Waals surface area contributed by atoms with Crippen molar-refractivity contribution in [3.63, 3.8) is 0 Å². The van der Waals surface area contributed by atoms with Crippen molar-refractivity contribution in [3.8, 4) is 11.5 Å². The number of ether oxygens (including phenoxy) is 2. The second-order valence-corrected chi connectivity index (χ2v) is 5.15. The number of hydrogen-bond donors (Lipinski definition) is 2. The summed E-state index contributed by atoms with van der Waals surface area (Å²) in [5, 5.41) is 5.45. The predicted octanol–water partition coefficient (Wildman–Crippen LogP) is 1.41. The molecule has 1 fully saturated rings. The van der Waals surface area contributed by atoms with Gasteiger partial charge in [-0.3, -0.25) is 9.59 Å². The molecule has 8 heteroatoms. The van der Waals surface area contributed by atoms with Gasteiger partial charge < -0.3 is 20.1 Å². The summed E-state index contributed by atoms with van der Waals surface area (Å²) < 4.78 is 34.9. The fourth-order valence-electron chi connectivity index (χ4n) is 2.48. The first-order valence-electron chi connectivity index (χ1n) is 6.91. The molecule has 1 saturated heterocycles. The highest BCUT2D eigenvalue weighted by molar-refractivity contribution is 5.98. The van der Waals surface area contributed by atoms with Gasteiger partial charge in [-0.1, -0.05) is 6.07 Å². The van der Waals surface area contributed by atoms with E-state index in [-0.39, 0.29) is 29.0 Å². The van der Waals surface area contributed by atoms with Gasteiger partial charge in [-0.15, -0.1) is 8.78 Å². The molecule has 2 N–H and O–H groups in total. The van der Waals surface area contributed by atoms with Gasteiger partial charge in [0.1, 0.15) is 0 Å². The maximum Gasteiger partial charge on any atom is 0.586 e. The smallest absolute Gasteiger partial charge is 0.395 e. The van der Waals surface area contributed by atoms with Gasteiger partial charge in [-0.25, -0.2) is 0 Å². The Morgan fingerprint density at radius 3 is 2.95 bits per heavy atom. The van der Waals surface area contributed by atoms with E-state index in [9.17, 15) is 18.4 Å². The van der Waals surface area contributed by atoms with Crippen molar-refractivity contribution < 1.29 is 27.8 Å². The maximum absolute atomic E-state index is 13.1. The summed E-state index contributed by atoms with van der Waals surface area (Å²) >= 11 is 0. The second-order valence-electron chi connectivity index (χ2n) is 5.15. The molecule has 3 rings (SSSR count). The summed E-state index contributed by atoms with van der Waals surface area (Å²) in [6, 6.07) is 3.93. The maximum atomic E-state index is 13.1. The van der Waals surface area contributed by atoms with E-state index in [1.54, 1.807) is 0 Å². The molecule has 2 aliphatic heterocycles. The number of nitrogens with one attached hydrogen (secondary N) is 2. The lowest BCUT2D eigenvalue weighted by Crippen LogP contribution is -2.35. The Morgan fingerprint density at radius 1 is 1.32 bits per heavy atom.